The largest absolute Gasteiger partial charge is 0.444 e. The van der Waals surface area contributed by atoms with Crippen molar-refractivity contribution in [2.45, 2.75) is 45.8 Å². The number of aryl methyl sites for hydroxylation is 1. The molecule has 1 unspecified atom stereocenters. The molecule has 5 heteroatoms. The van der Waals surface area contributed by atoms with E-state index in [0.717, 1.165) is 23.2 Å². The van der Waals surface area contributed by atoms with Crippen LogP contribution in [0.5, 0.6) is 0 Å². The van der Waals surface area contributed by atoms with Crippen LogP contribution < -0.4 is 5.32 Å². The molecular formula is C21H26N2O3. The molecule has 1 amide bonds. The lowest BCUT2D eigenvalue weighted by Crippen LogP contribution is -2.36. The second kappa shape index (κ2) is 7.46. The van der Waals surface area contributed by atoms with Crippen LogP contribution in [-0.4, -0.2) is 29.8 Å². The molecule has 1 N–H and O–H groups in total. The van der Waals surface area contributed by atoms with Crippen LogP contribution in [0.15, 0.2) is 36.5 Å². The van der Waals surface area contributed by atoms with Gasteiger partial charge in [-0.3, -0.25) is 4.98 Å². The number of fused-ring (bicyclic) bond motifs is 1. The van der Waals surface area contributed by atoms with Gasteiger partial charge in [0, 0.05) is 11.9 Å². The molecule has 0 saturated carbocycles. The van der Waals surface area contributed by atoms with Crippen molar-refractivity contribution in [3.05, 3.63) is 53.3 Å². The number of carbonyl (C=O) groups is 1. The van der Waals surface area contributed by atoms with Gasteiger partial charge in [-0.2, -0.15) is 0 Å². The molecule has 0 spiro atoms. The molecule has 1 aliphatic rings. The highest BCUT2D eigenvalue weighted by atomic mass is 16.6. The van der Waals surface area contributed by atoms with Crippen molar-refractivity contribution in [1.29, 1.82) is 0 Å². The van der Waals surface area contributed by atoms with Crippen molar-refractivity contribution in [2.24, 2.45) is 0 Å². The SMILES string of the molecule is Cc1cc(-c2cccc3c2CCOC3CNC(=O)OC(C)(C)C)ccn1. The predicted octanol–water partition coefficient (Wildman–Crippen LogP) is 4.20. The van der Waals surface area contributed by atoms with Gasteiger partial charge < -0.3 is 14.8 Å². The van der Waals surface area contributed by atoms with Crippen LogP contribution in [0, 0.1) is 6.92 Å². The topological polar surface area (TPSA) is 60.5 Å². The number of pyridine rings is 1. The maximum atomic E-state index is 11.9. The van der Waals surface area contributed by atoms with Crippen LogP contribution in [0.4, 0.5) is 4.79 Å². The van der Waals surface area contributed by atoms with Gasteiger partial charge in [-0.05, 0) is 68.5 Å². The first-order valence-corrected chi connectivity index (χ1v) is 8.97. The van der Waals surface area contributed by atoms with Crippen molar-refractivity contribution in [3.63, 3.8) is 0 Å². The Morgan fingerprint density at radius 3 is 2.88 bits per heavy atom. The van der Waals surface area contributed by atoms with E-state index >= 15 is 0 Å². The van der Waals surface area contributed by atoms with Crippen LogP contribution in [-0.2, 0) is 15.9 Å². The molecule has 0 bridgehead atoms. The third-order valence-electron chi connectivity index (χ3n) is 4.27. The lowest BCUT2D eigenvalue weighted by Gasteiger charge is -2.28. The number of hydrogen-bond acceptors (Lipinski definition) is 4. The summed E-state index contributed by atoms with van der Waals surface area (Å²) in [5, 5.41) is 2.82. The van der Waals surface area contributed by atoms with Crippen molar-refractivity contribution < 1.29 is 14.3 Å². The number of rotatable bonds is 3. The van der Waals surface area contributed by atoms with Gasteiger partial charge in [-0.25, -0.2) is 4.79 Å². The van der Waals surface area contributed by atoms with Crippen LogP contribution in [0.2, 0.25) is 0 Å². The Morgan fingerprint density at radius 2 is 2.15 bits per heavy atom. The second-order valence-electron chi connectivity index (χ2n) is 7.55. The summed E-state index contributed by atoms with van der Waals surface area (Å²) < 4.78 is 11.2. The molecule has 1 aromatic heterocycles. The predicted molar refractivity (Wildman–Crippen MR) is 101 cm³/mol. The number of amides is 1. The number of aromatic nitrogens is 1. The number of carbonyl (C=O) groups excluding carboxylic acids is 1. The van der Waals surface area contributed by atoms with Crippen LogP contribution in [0.3, 0.4) is 0 Å². The van der Waals surface area contributed by atoms with E-state index < -0.39 is 11.7 Å². The number of ether oxygens (including phenoxy) is 2. The van der Waals surface area contributed by atoms with Crippen molar-refractivity contribution >= 4 is 6.09 Å². The van der Waals surface area contributed by atoms with E-state index in [1.54, 1.807) is 0 Å². The molecule has 1 aliphatic heterocycles. The summed E-state index contributed by atoms with van der Waals surface area (Å²) in [6.07, 6.45) is 2.10. The molecule has 2 heterocycles. The average molecular weight is 354 g/mol. The molecular weight excluding hydrogens is 328 g/mol. The first kappa shape index (κ1) is 18.4. The minimum atomic E-state index is -0.512. The van der Waals surface area contributed by atoms with Crippen molar-refractivity contribution in [3.8, 4) is 11.1 Å². The standard InChI is InChI=1S/C21H26N2O3/c1-14-12-15(8-10-22-14)16-6-5-7-18-17(16)9-11-25-19(18)13-23-20(24)26-21(2,3)4/h5-8,10,12,19H,9,11,13H2,1-4H3,(H,23,24). The minimum absolute atomic E-state index is 0.172. The molecule has 5 nitrogen and oxygen atoms in total. The van der Waals surface area contributed by atoms with E-state index in [-0.39, 0.29) is 6.10 Å². The summed E-state index contributed by atoms with van der Waals surface area (Å²) in [4.78, 5) is 16.2. The highest BCUT2D eigenvalue weighted by Crippen LogP contribution is 2.34. The maximum Gasteiger partial charge on any atom is 0.407 e. The van der Waals surface area contributed by atoms with Crippen molar-refractivity contribution in [2.75, 3.05) is 13.2 Å². The van der Waals surface area contributed by atoms with E-state index in [4.69, 9.17) is 9.47 Å². The molecule has 0 saturated heterocycles. The maximum absolute atomic E-state index is 11.9. The van der Waals surface area contributed by atoms with Gasteiger partial charge in [0.05, 0.1) is 13.2 Å². The summed E-state index contributed by atoms with van der Waals surface area (Å²) in [7, 11) is 0. The Labute approximate surface area is 154 Å². The zero-order valence-electron chi connectivity index (χ0n) is 15.8. The number of nitrogens with one attached hydrogen (secondary N) is 1. The fourth-order valence-electron chi connectivity index (χ4n) is 3.22. The van der Waals surface area contributed by atoms with Gasteiger partial charge in [-0.1, -0.05) is 18.2 Å². The van der Waals surface area contributed by atoms with Crippen molar-refractivity contribution in [1.82, 2.24) is 10.3 Å². The lowest BCUT2D eigenvalue weighted by molar-refractivity contribution is 0.0290. The van der Waals surface area contributed by atoms with Gasteiger partial charge >= 0.3 is 6.09 Å². The molecule has 0 radical (unpaired) electrons. The summed E-state index contributed by atoms with van der Waals surface area (Å²) in [5.41, 5.74) is 5.26. The Kier molecular flexibility index (Phi) is 5.28. The zero-order chi connectivity index (χ0) is 18.7. The Hall–Kier alpha value is -2.40. The van der Waals surface area contributed by atoms with E-state index in [1.165, 1.54) is 11.1 Å². The third kappa shape index (κ3) is 4.41. The average Bonchev–Trinajstić information content (AvgIpc) is 2.58. The fourth-order valence-corrected chi connectivity index (χ4v) is 3.22. The van der Waals surface area contributed by atoms with Gasteiger partial charge in [0.15, 0.2) is 0 Å². The Bertz CT molecular complexity index is 796. The molecule has 138 valence electrons. The Morgan fingerprint density at radius 1 is 1.35 bits per heavy atom. The van der Waals surface area contributed by atoms with Gasteiger partial charge in [0.25, 0.3) is 0 Å². The molecule has 26 heavy (non-hydrogen) atoms. The van der Waals surface area contributed by atoms with Crippen LogP contribution in [0.25, 0.3) is 11.1 Å². The first-order chi connectivity index (χ1) is 12.3. The quantitative estimate of drug-likeness (QED) is 0.897. The molecule has 1 atom stereocenters. The lowest BCUT2D eigenvalue weighted by atomic mass is 9.89. The molecule has 0 fully saturated rings. The summed E-state index contributed by atoms with van der Waals surface area (Å²) >= 11 is 0. The minimum Gasteiger partial charge on any atom is -0.444 e. The summed E-state index contributed by atoms with van der Waals surface area (Å²) in [5.74, 6) is 0. The molecule has 1 aromatic carbocycles. The van der Waals surface area contributed by atoms with E-state index in [1.807, 2.05) is 46.0 Å². The Balaban J connectivity index is 1.80. The smallest absolute Gasteiger partial charge is 0.407 e. The van der Waals surface area contributed by atoms with E-state index in [9.17, 15) is 4.79 Å². The second-order valence-corrected chi connectivity index (χ2v) is 7.55. The zero-order valence-corrected chi connectivity index (χ0v) is 15.8. The monoisotopic (exact) mass is 354 g/mol. The highest BCUT2D eigenvalue weighted by Gasteiger charge is 2.25. The van der Waals surface area contributed by atoms with E-state index in [2.05, 4.69) is 28.5 Å². The first-order valence-electron chi connectivity index (χ1n) is 8.97. The van der Waals surface area contributed by atoms with Crippen LogP contribution in [0.1, 0.15) is 43.7 Å². The molecule has 0 aliphatic carbocycles. The molecule has 2 aromatic rings. The summed E-state index contributed by atoms with van der Waals surface area (Å²) in [6.45, 7) is 8.57. The number of hydrogen-bond donors (Lipinski definition) is 1. The third-order valence-corrected chi connectivity index (χ3v) is 4.27. The van der Waals surface area contributed by atoms with Gasteiger partial charge in [0.1, 0.15) is 11.7 Å². The van der Waals surface area contributed by atoms with Gasteiger partial charge in [0.2, 0.25) is 0 Å². The van der Waals surface area contributed by atoms with E-state index in [0.29, 0.717) is 13.2 Å². The fraction of sp³-hybridized carbons (Fsp3) is 0.429. The van der Waals surface area contributed by atoms with Crippen LogP contribution >= 0.6 is 0 Å². The number of benzene rings is 1. The molecule has 3 rings (SSSR count). The number of alkyl carbamates (subject to hydrolysis) is 1. The van der Waals surface area contributed by atoms with Gasteiger partial charge in [-0.15, -0.1) is 0 Å². The highest BCUT2D eigenvalue weighted by molar-refractivity contribution is 5.70. The normalized spacial score (nSPS) is 16.7. The summed E-state index contributed by atoms with van der Waals surface area (Å²) in [6, 6.07) is 10.4. The number of nitrogens with zero attached hydrogens (tertiary/aromatic N) is 1.